The quantitative estimate of drug-likeness (QED) is 0.490. The van der Waals surface area contributed by atoms with Crippen LogP contribution >= 0.6 is 12.2 Å². The lowest BCUT2D eigenvalue weighted by molar-refractivity contribution is -0.123. The molecule has 1 fully saturated rings. The van der Waals surface area contributed by atoms with Crippen molar-refractivity contribution in [1.82, 2.24) is 10.6 Å². The van der Waals surface area contributed by atoms with E-state index in [0.717, 1.165) is 31.5 Å². The Hall–Kier alpha value is -2.99. The second-order valence-corrected chi connectivity index (χ2v) is 7.10. The molecule has 2 heterocycles. The maximum Gasteiger partial charge on any atom is 0.263 e. The third kappa shape index (κ3) is 3.75. The van der Waals surface area contributed by atoms with Crippen molar-refractivity contribution in [3.05, 3.63) is 70.8 Å². The molecule has 27 heavy (non-hydrogen) atoms. The zero-order valence-electron chi connectivity index (χ0n) is 14.7. The molecule has 0 saturated carbocycles. The number of nitrogens with one attached hydrogen (secondary N) is 2. The molecule has 4 rings (SSSR count). The van der Waals surface area contributed by atoms with Crippen LogP contribution < -0.4 is 15.5 Å². The molecular formula is C21H19N3O2S. The van der Waals surface area contributed by atoms with Gasteiger partial charge in [-0.1, -0.05) is 36.4 Å². The topological polar surface area (TPSA) is 61.4 Å². The highest BCUT2D eigenvalue weighted by molar-refractivity contribution is 7.80. The first-order valence-electron chi connectivity index (χ1n) is 8.90. The predicted molar refractivity (Wildman–Crippen MR) is 109 cm³/mol. The van der Waals surface area contributed by atoms with Crippen molar-refractivity contribution in [3.8, 4) is 0 Å². The Bertz CT molecular complexity index is 931. The van der Waals surface area contributed by atoms with E-state index in [4.69, 9.17) is 12.2 Å². The van der Waals surface area contributed by atoms with Crippen LogP contribution in [0, 0.1) is 0 Å². The zero-order chi connectivity index (χ0) is 18.8. The second-order valence-electron chi connectivity index (χ2n) is 6.69. The molecule has 2 aromatic rings. The maximum atomic E-state index is 12.0. The molecule has 0 unspecified atom stereocenters. The lowest BCUT2D eigenvalue weighted by atomic mass is 9.97. The molecule has 2 aromatic carbocycles. The summed E-state index contributed by atoms with van der Waals surface area (Å²) >= 11 is 4.83. The van der Waals surface area contributed by atoms with Crippen molar-refractivity contribution in [2.75, 3.05) is 11.4 Å². The van der Waals surface area contributed by atoms with Crippen molar-refractivity contribution in [2.45, 2.75) is 19.4 Å². The first kappa shape index (κ1) is 17.4. The fourth-order valence-electron chi connectivity index (χ4n) is 3.53. The number of rotatable bonds is 3. The number of thiocarbonyl (C=S) groups is 1. The molecule has 0 aromatic heterocycles. The number of carbonyl (C=O) groups is 2. The molecule has 2 amide bonds. The van der Waals surface area contributed by atoms with Gasteiger partial charge in [0.05, 0.1) is 0 Å². The predicted octanol–water partition coefficient (Wildman–Crippen LogP) is 2.55. The van der Waals surface area contributed by atoms with E-state index in [1.807, 2.05) is 12.1 Å². The Kier molecular flexibility index (Phi) is 4.73. The minimum atomic E-state index is -0.466. The van der Waals surface area contributed by atoms with Gasteiger partial charge in [-0.05, 0) is 60.0 Å². The van der Waals surface area contributed by atoms with E-state index < -0.39 is 11.8 Å². The molecule has 0 atom stereocenters. The summed E-state index contributed by atoms with van der Waals surface area (Å²) in [5.41, 5.74) is 4.64. The van der Waals surface area contributed by atoms with E-state index >= 15 is 0 Å². The van der Waals surface area contributed by atoms with Gasteiger partial charge >= 0.3 is 0 Å². The van der Waals surface area contributed by atoms with E-state index in [9.17, 15) is 9.59 Å². The SMILES string of the molecule is O=C1NC(=S)NC(=O)C1=Cc1ccc2c(c1)CCCN2Cc1ccccc1. The van der Waals surface area contributed by atoms with E-state index in [1.165, 1.54) is 16.8 Å². The molecule has 0 spiro atoms. The van der Waals surface area contributed by atoms with E-state index in [1.54, 1.807) is 6.08 Å². The maximum absolute atomic E-state index is 12.0. The molecule has 1 saturated heterocycles. The van der Waals surface area contributed by atoms with Gasteiger partial charge in [0, 0.05) is 18.8 Å². The third-order valence-electron chi connectivity index (χ3n) is 4.79. The number of benzene rings is 2. The monoisotopic (exact) mass is 377 g/mol. The Morgan fingerprint density at radius 2 is 1.78 bits per heavy atom. The minimum Gasteiger partial charge on any atom is -0.367 e. The van der Waals surface area contributed by atoms with Crippen LogP contribution in [0.5, 0.6) is 0 Å². The highest BCUT2D eigenvalue weighted by atomic mass is 32.1. The van der Waals surface area contributed by atoms with E-state index in [-0.39, 0.29) is 10.7 Å². The number of anilines is 1. The molecule has 0 radical (unpaired) electrons. The highest BCUT2D eigenvalue weighted by Gasteiger charge is 2.26. The minimum absolute atomic E-state index is 0.0455. The summed E-state index contributed by atoms with van der Waals surface area (Å²) in [6.07, 6.45) is 3.68. The summed E-state index contributed by atoms with van der Waals surface area (Å²) in [5.74, 6) is -0.931. The van der Waals surface area contributed by atoms with Gasteiger partial charge in [0.15, 0.2) is 5.11 Å². The molecule has 2 aliphatic heterocycles. The first-order chi connectivity index (χ1) is 13.1. The summed E-state index contributed by atoms with van der Waals surface area (Å²) in [6.45, 7) is 1.89. The van der Waals surface area contributed by atoms with Gasteiger partial charge in [0.2, 0.25) is 0 Å². The summed E-state index contributed by atoms with van der Waals surface area (Å²) in [7, 11) is 0. The number of fused-ring (bicyclic) bond motifs is 1. The van der Waals surface area contributed by atoms with Crippen LogP contribution in [0.1, 0.15) is 23.1 Å². The van der Waals surface area contributed by atoms with Crippen molar-refractivity contribution in [1.29, 1.82) is 0 Å². The van der Waals surface area contributed by atoms with Crippen LogP contribution in [0.15, 0.2) is 54.1 Å². The average Bonchev–Trinajstić information content (AvgIpc) is 2.65. The summed E-state index contributed by atoms with van der Waals surface area (Å²) in [6, 6.07) is 16.5. The zero-order valence-corrected chi connectivity index (χ0v) is 15.5. The summed E-state index contributed by atoms with van der Waals surface area (Å²) in [4.78, 5) is 26.4. The molecule has 136 valence electrons. The van der Waals surface area contributed by atoms with Crippen molar-refractivity contribution >= 4 is 40.9 Å². The largest absolute Gasteiger partial charge is 0.367 e. The van der Waals surface area contributed by atoms with Gasteiger partial charge in [-0.2, -0.15) is 0 Å². The fraction of sp³-hybridized carbons (Fsp3) is 0.190. The molecule has 5 nitrogen and oxygen atoms in total. The second kappa shape index (κ2) is 7.32. The van der Waals surface area contributed by atoms with Crippen LogP contribution in [0.25, 0.3) is 6.08 Å². The van der Waals surface area contributed by atoms with Crippen molar-refractivity contribution in [3.63, 3.8) is 0 Å². The molecule has 2 N–H and O–H groups in total. The summed E-state index contributed by atoms with van der Waals surface area (Å²) in [5, 5.41) is 4.97. The molecule has 0 aliphatic carbocycles. The number of carbonyl (C=O) groups excluding carboxylic acids is 2. The molecule has 2 aliphatic rings. The Morgan fingerprint density at radius 3 is 2.52 bits per heavy atom. The molecular weight excluding hydrogens is 358 g/mol. The van der Waals surface area contributed by atoms with Gasteiger partial charge in [-0.25, -0.2) is 0 Å². The Balaban J connectivity index is 1.60. The van der Waals surface area contributed by atoms with Crippen molar-refractivity contribution < 1.29 is 9.59 Å². The van der Waals surface area contributed by atoms with Gasteiger partial charge < -0.3 is 4.90 Å². The van der Waals surface area contributed by atoms with Crippen LogP contribution in [-0.4, -0.2) is 23.5 Å². The number of aryl methyl sites for hydroxylation is 1. The van der Waals surface area contributed by atoms with Crippen molar-refractivity contribution in [2.24, 2.45) is 0 Å². The van der Waals surface area contributed by atoms with Crippen LogP contribution in [0.2, 0.25) is 0 Å². The van der Waals surface area contributed by atoms with Gasteiger partial charge in [0.25, 0.3) is 11.8 Å². The molecule has 0 bridgehead atoms. The average molecular weight is 377 g/mol. The Morgan fingerprint density at radius 1 is 1.04 bits per heavy atom. The number of hydrogen-bond donors (Lipinski definition) is 2. The molecule has 6 heteroatoms. The fourth-order valence-corrected chi connectivity index (χ4v) is 3.71. The Labute approximate surface area is 163 Å². The van der Waals surface area contributed by atoms with Crippen LogP contribution in [0.3, 0.4) is 0 Å². The smallest absolute Gasteiger partial charge is 0.263 e. The van der Waals surface area contributed by atoms with Crippen LogP contribution in [0.4, 0.5) is 5.69 Å². The van der Waals surface area contributed by atoms with E-state index in [0.29, 0.717) is 0 Å². The summed E-state index contributed by atoms with van der Waals surface area (Å²) < 4.78 is 0. The van der Waals surface area contributed by atoms with Gasteiger partial charge in [0.1, 0.15) is 5.57 Å². The lowest BCUT2D eigenvalue weighted by Crippen LogP contribution is -2.51. The number of amides is 2. The standard InChI is InChI=1S/C21H19N3O2S/c25-19-17(20(26)23-21(27)22-19)12-15-8-9-18-16(11-15)7-4-10-24(18)13-14-5-2-1-3-6-14/h1-3,5-6,8-9,11-12H,4,7,10,13H2,(H2,22,23,25,26,27). The highest BCUT2D eigenvalue weighted by Crippen LogP contribution is 2.30. The van der Waals surface area contributed by atoms with Gasteiger partial charge in [-0.15, -0.1) is 0 Å². The normalized spacial score (nSPS) is 16.5. The number of nitrogens with zero attached hydrogens (tertiary/aromatic N) is 1. The van der Waals surface area contributed by atoms with E-state index in [2.05, 4.69) is 51.9 Å². The number of hydrogen-bond acceptors (Lipinski definition) is 4. The van der Waals surface area contributed by atoms with Crippen LogP contribution in [-0.2, 0) is 22.6 Å². The third-order valence-corrected chi connectivity index (χ3v) is 4.99. The van der Waals surface area contributed by atoms with Gasteiger partial charge in [-0.3, -0.25) is 20.2 Å². The first-order valence-corrected chi connectivity index (χ1v) is 9.31. The lowest BCUT2D eigenvalue weighted by Gasteiger charge is -2.31.